The Kier molecular flexibility index (Phi) is 11.5. The van der Waals surface area contributed by atoms with Crippen LogP contribution in [-0.4, -0.2) is 60.8 Å². The smallest absolute Gasteiger partial charge is 0.191 e. The number of nitrogens with one attached hydrogen (secondary N) is 2. The number of hydrogen-bond donors (Lipinski definition) is 2. The van der Waals surface area contributed by atoms with Crippen LogP contribution < -0.4 is 10.6 Å². The van der Waals surface area contributed by atoms with Crippen molar-refractivity contribution in [2.75, 3.05) is 38.8 Å². The first-order valence-corrected chi connectivity index (χ1v) is 11.2. The van der Waals surface area contributed by atoms with Gasteiger partial charge in [-0.15, -0.1) is 24.0 Å². The lowest BCUT2D eigenvalue weighted by Crippen LogP contribution is -2.51. The Morgan fingerprint density at radius 2 is 2.04 bits per heavy atom. The van der Waals surface area contributed by atoms with E-state index in [-0.39, 0.29) is 24.0 Å². The molecule has 2 aliphatic rings. The van der Waals surface area contributed by atoms with Crippen LogP contribution in [0.25, 0.3) is 0 Å². The van der Waals surface area contributed by atoms with Crippen LogP contribution in [0.2, 0.25) is 0 Å². The van der Waals surface area contributed by atoms with Crippen molar-refractivity contribution >= 4 is 53.5 Å². The summed E-state index contributed by atoms with van der Waals surface area (Å²) in [6, 6.07) is 0.568. The molecule has 1 heterocycles. The van der Waals surface area contributed by atoms with E-state index in [1.54, 1.807) is 0 Å². The first-order chi connectivity index (χ1) is 11.2. The van der Waals surface area contributed by atoms with Crippen molar-refractivity contribution in [1.29, 1.82) is 0 Å². The summed E-state index contributed by atoms with van der Waals surface area (Å²) in [5.74, 6) is 2.19. The van der Waals surface area contributed by atoms with E-state index in [1.807, 2.05) is 18.8 Å². The summed E-state index contributed by atoms with van der Waals surface area (Å²) < 4.78 is 5.82. The van der Waals surface area contributed by atoms with E-state index in [0.717, 1.165) is 43.8 Å². The predicted molar refractivity (Wildman–Crippen MR) is 120 cm³/mol. The fourth-order valence-electron chi connectivity index (χ4n) is 3.49. The van der Waals surface area contributed by atoms with Crippen molar-refractivity contribution in [3.05, 3.63) is 0 Å². The average Bonchev–Trinajstić information content (AvgIpc) is 2.60. The van der Waals surface area contributed by atoms with Gasteiger partial charge in [-0.3, -0.25) is 4.99 Å². The lowest BCUT2D eigenvalue weighted by Gasteiger charge is -2.37. The minimum Gasteiger partial charge on any atom is -0.381 e. The van der Waals surface area contributed by atoms with E-state index in [2.05, 4.69) is 40.6 Å². The fourth-order valence-corrected chi connectivity index (χ4v) is 5.46. The molecule has 142 valence electrons. The fraction of sp³-hybridized carbons (Fsp3) is 0.941. The van der Waals surface area contributed by atoms with E-state index in [9.17, 15) is 0 Å². The SMILES string of the molecule is CCSC1CCCC(NC(=NC)NCC2(SC)CCOCC2)C1.I. The van der Waals surface area contributed by atoms with Gasteiger partial charge in [0, 0.05) is 42.8 Å². The molecule has 2 N–H and O–H groups in total. The quantitative estimate of drug-likeness (QED) is 0.340. The molecule has 0 bridgehead atoms. The van der Waals surface area contributed by atoms with E-state index in [1.165, 1.54) is 31.4 Å². The molecule has 0 spiro atoms. The van der Waals surface area contributed by atoms with Gasteiger partial charge in [-0.05, 0) is 44.1 Å². The van der Waals surface area contributed by atoms with Crippen molar-refractivity contribution < 1.29 is 4.74 Å². The molecule has 0 radical (unpaired) electrons. The largest absolute Gasteiger partial charge is 0.381 e. The van der Waals surface area contributed by atoms with Crippen molar-refractivity contribution in [1.82, 2.24) is 10.6 Å². The third-order valence-electron chi connectivity index (χ3n) is 5.01. The van der Waals surface area contributed by atoms with Crippen molar-refractivity contribution in [2.24, 2.45) is 4.99 Å². The second-order valence-corrected chi connectivity index (χ2v) is 9.36. The van der Waals surface area contributed by atoms with Crippen LogP contribution >= 0.6 is 47.5 Å². The maximum absolute atomic E-state index is 5.53. The molecule has 2 atom stereocenters. The highest BCUT2D eigenvalue weighted by Crippen LogP contribution is 2.33. The van der Waals surface area contributed by atoms with Gasteiger partial charge in [-0.25, -0.2) is 0 Å². The minimum atomic E-state index is 0. The standard InChI is InChI=1S/C17H33N3OS2.HI/c1-4-23-15-7-5-6-14(12-15)20-16(18-2)19-13-17(22-3)8-10-21-11-9-17;/h14-15H,4-13H2,1-3H3,(H2,18,19,20);1H. The molecule has 24 heavy (non-hydrogen) atoms. The van der Waals surface area contributed by atoms with Gasteiger partial charge in [0.2, 0.25) is 0 Å². The zero-order valence-electron chi connectivity index (χ0n) is 15.3. The molecule has 0 aromatic rings. The summed E-state index contributed by atoms with van der Waals surface area (Å²) in [5, 5.41) is 8.06. The summed E-state index contributed by atoms with van der Waals surface area (Å²) in [6.07, 6.45) is 9.70. The lowest BCUT2D eigenvalue weighted by molar-refractivity contribution is 0.0782. The van der Waals surface area contributed by atoms with Gasteiger partial charge in [-0.1, -0.05) is 13.3 Å². The Balaban J connectivity index is 0.00000288. The van der Waals surface area contributed by atoms with Gasteiger partial charge in [0.05, 0.1) is 0 Å². The lowest BCUT2D eigenvalue weighted by atomic mass is 9.95. The van der Waals surface area contributed by atoms with Crippen LogP contribution in [0.3, 0.4) is 0 Å². The molecule has 2 rings (SSSR count). The van der Waals surface area contributed by atoms with Gasteiger partial charge in [0.1, 0.15) is 0 Å². The van der Waals surface area contributed by atoms with Crippen LogP contribution in [0.15, 0.2) is 4.99 Å². The molecular formula is C17H34IN3OS2. The maximum atomic E-state index is 5.53. The van der Waals surface area contributed by atoms with E-state index < -0.39 is 0 Å². The first kappa shape index (κ1) is 22.7. The third kappa shape index (κ3) is 7.11. The third-order valence-corrected chi connectivity index (χ3v) is 7.66. The molecule has 0 amide bonds. The molecular weight excluding hydrogens is 453 g/mol. The average molecular weight is 488 g/mol. The summed E-state index contributed by atoms with van der Waals surface area (Å²) in [7, 11) is 1.88. The molecule has 1 aliphatic heterocycles. The van der Waals surface area contributed by atoms with Crippen molar-refractivity contribution in [3.8, 4) is 0 Å². The highest BCUT2D eigenvalue weighted by molar-refractivity contribution is 14.0. The highest BCUT2D eigenvalue weighted by Gasteiger charge is 2.32. The summed E-state index contributed by atoms with van der Waals surface area (Å²) in [6.45, 7) is 5.00. The molecule has 1 aliphatic carbocycles. The summed E-state index contributed by atoms with van der Waals surface area (Å²) >= 11 is 4.08. The van der Waals surface area contributed by atoms with Crippen LogP contribution in [0.5, 0.6) is 0 Å². The Hall–Kier alpha value is 0.660. The van der Waals surface area contributed by atoms with Gasteiger partial charge in [0.25, 0.3) is 0 Å². The van der Waals surface area contributed by atoms with Gasteiger partial charge in [-0.2, -0.15) is 23.5 Å². The van der Waals surface area contributed by atoms with Gasteiger partial charge < -0.3 is 15.4 Å². The molecule has 0 aromatic carbocycles. The Bertz CT molecular complexity index is 377. The molecule has 1 saturated heterocycles. The van der Waals surface area contributed by atoms with Crippen molar-refractivity contribution in [2.45, 2.75) is 61.5 Å². The number of halogens is 1. The van der Waals surface area contributed by atoms with Crippen LogP contribution in [0.4, 0.5) is 0 Å². The number of aliphatic imine (C=N–C) groups is 1. The van der Waals surface area contributed by atoms with Gasteiger partial charge in [0.15, 0.2) is 5.96 Å². The Labute approximate surface area is 173 Å². The number of ether oxygens (including phenoxy) is 1. The molecule has 0 aromatic heterocycles. The molecule has 7 heteroatoms. The predicted octanol–water partition coefficient (Wildman–Crippen LogP) is 3.75. The van der Waals surface area contributed by atoms with Gasteiger partial charge >= 0.3 is 0 Å². The van der Waals surface area contributed by atoms with E-state index in [0.29, 0.717) is 10.8 Å². The Morgan fingerprint density at radius 1 is 1.29 bits per heavy atom. The Morgan fingerprint density at radius 3 is 2.67 bits per heavy atom. The molecule has 1 saturated carbocycles. The number of nitrogens with zero attached hydrogens (tertiary/aromatic N) is 1. The van der Waals surface area contributed by atoms with Crippen LogP contribution in [0.1, 0.15) is 45.4 Å². The normalized spacial score (nSPS) is 27.2. The topological polar surface area (TPSA) is 45.7 Å². The minimum absolute atomic E-state index is 0. The zero-order chi connectivity index (χ0) is 16.5. The molecule has 4 nitrogen and oxygen atoms in total. The highest BCUT2D eigenvalue weighted by atomic mass is 127. The zero-order valence-corrected chi connectivity index (χ0v) is 19.3. The van der Waals surface area contributed by atoms with Crippen molar-refractivity contribution in [3.63, 3.8) is 0 Å². The van der Waals surface area contributed by atoms with Crippen LogP contribution in [0, 0.1) is 0 Å². The van der Waals surface area contributed by atoms with E-state index in [4.69, 9.17) is 4.74 Å². The maximum Gasteiger partial charge on any atom is 0.191 e. The first-order valence-electron chi connectivity index (χ1n) is 8.93. The van der Waals surface area contributed by atoms with Crippen LogP contribution in [-0.2, 0) is 4.74 Å². The monoisotopic (exact) mass is 487 g/mol. The number of guanidine groups is 1. The number of thioether (sulfide) groups is 2. The number of rotatable bonds is 6. The number of hydrogen-bond acceptors (Lipinski definition) is 4. The second-order valence-electron chi connectivity index (χ2n) is 6.51. The molecule has 2 fully saturated rings. The molecule has 2 unspecified atom stereocenters. The van der Waals surface area contributed by atoms with E-state index >= 15 is 0 Å². The summed E-state index contributed by atoms with van der Waals surface area (Å²) in [4.78, 5) is 4.45. The summed E-state index contributed by atoms with van der Waals surface area (Å²) in [5.41, 5.74) is 0. The second kappa shape index (κ2) is 12.1.